The second-order valence-corrected chi connectivity index (χ2v) is 7.14. The van der Waals surface area contributed by atoms with Gasteiger partial charge in [0.1, 0.15) is 5.82 Å². The molecule has 6 heteroatoms. The molecule has 0 unspecified atom stereocenters. The number of hydrogen-bond acceptors (Lipinski definition) is 3. The van der Waals surface area contributed by atoms with Crippen LogP contribution in [-0.4, -0.2) is 50.1 Å². The smallest absolute Gasteiger partial charge is 0.223 e. The summed E-state index contributed by atoms with van der Waals surface area (Å²) in [7, 11) is 0. The maximum atomic E-state index is 13.9. The van der Waals surface area contributed by atoms with Crippen molar-refractivity contribution in [2.24, 2.45) is 0 Å². The summed E-state index contributed by atoms with van der Waals surface area (Å²) in [5.74, 6) is -0.0559. The Hall–Kier alpha value is -2.11. The first kappa shape index (κ1) is 19.6. The first-order valence-corrected chi connectivity index (χ1v) is 9.74. The predicted molar refractivity (Wildman–Crippen MR) is 108 cm³/mol. The Bertz CT molecular complexity index is 763. The molecule has 0 radical (unpaired) electrons. The van der Waals surface area contributed by atoms with Crippen LogP contribution in [0.5, 0.6) is 0 Å². The Morgan fingerprint density at radius 1 is 1.04 bits per heavy atom. The molecule has 0 aliphatic carbocycles. The number of amides is 1. The summed E-state index contributed by atoms with van der Waals surface area (Å²) in [6, 6.07) is 14.6. The number of halogens is 2. The number of piperazine rings is 1. The van der Waals surface area contributed by atoms with Crippen LogP contribution >= 0.6 is 11.6 Å². The van der Waals surface area contributed by atoms with Crippen molar-refractivity contribution in [1.29, 1.82) is 0 Å². The van der Waals surface area contributed by atoms with E-state index in [1.807, 2.05) is 40.1 Å². The van der Waals surface area contributed by atoms with Gasteiger partial charge in [-0.25, -0.2) is 4.39 Å². The van der Waals surface area contributed by atoms with Gasteiger partial charge in [-0.15, -0.1) is 0 Å². The molecule has 1 amide bonds. The summed E-state index contributed by atoms with van der Waals surface area (Å²) >= 11 is 5.98. The largest absolute Gasteiger partial charge is 0.366 e. The molecular formula is C21H25ClFN3O. The van der Waals surface area contributed by atoms with Crippen LogP contribution in [-0.2, 0) is 11.2 Å². The van der Waals surface area contributed by atoms with E-state index >= 15 is 0 Å². The lowest BCUT2D eigenvalue weighted by Gasteiger charge is -2.36. The minimum atomic E-state index is -0.207. The molecule has 0 spiro atoms. The van der Waals surface area contributed by atoms with E-state index in [0.717, 1.165) is 18.0 Å². The van der Waals surface area contributed by atoms with Gasteiger partial charge in [0.25, 0.3) is 0 Å². The van der Waals surface area contributed by atoms with Crippen molar-refractivity contribution < 1.29 is 9.18 Å². The molecule has 144 valence electrons. The number of hydrogen-bond donors (Lipinski definition) is 1. The van der Waals surface area contributed by atoms with E-state index in [0.29, 0.717) is 44.8 Å². The first-order valence-electron chi connectivity index (χ1n) is 9.36. The van der Waals surface area contributed by atoms with Crippen LogP contribution in [0.4, 0.5) is 10.1 Å². The molecule has 1 aliphatic rings. The molecule has 1 saturated heterocycles. The molecule has 0 saturated carbocycles. The second kappa shape index (κ2) is 9.72. The standard InChI is InChI=1S/C21H25ClFN3O/c22-18-5-3-4-17(16-18)8-10-24-11-9-21(27)26-14-12-25(13-15-26)20-7-2-1-6-19(20)23/h1-7,16,24H,8-15H2. The maximum absolute atomic E-state index is 13.9. The molecule has 0 aromatic heterocycles. The van der Waals surface area contributed by atoms with Crippen LogP contribution in [0.3, 0.4) is 0 Å². The average Bonchev–Trinajstić information content (AvgIpc) is 2.68. The third-order valence-corrected chi connectivity index (χ3v) is 5.06. The van der Waals surface area contributed by atoms with E-state index in [1.165, 1.54) is 11.6 Å². The molecule has 2 aromatic rings. The van der Waals surface area contributed by atoms with Crippen molar-refractivity contribution in [3.05, 3.63) is 64.9 Å². The molecule has 27 heavy (non-hydrogen) atoms. The summed E-state index contributed by atoms with van der Waals surface area (Å²) in [5, 5.41) is 4.06. The Morgan fingerprint density at radius 3 is 2.56 bits per heavy atom. The third-order valence-electron chi connectivity index (χ3n) is 4.82. The quantitative estimate of drug-likeness (QED) is 0.738. The number of benzene rings is 2. The van der Waals surface area contributed by atoms with Gasteiger partial charge >= 0.3 is 0 Å². The number of carbonyl (C=O) groups is 1. The van der Waals surface area contributed by atoms with Crippen molar-refractivity contribution in [2.45, 2.75) is 12.8 Å². The first-order chi connectivity index (χ1) is 13.1. The highest BCUT2D eigenvalue weighted by atomic mass is 35.5. The Labute approximate surface area is 164 Å². The van der Waals surface area contributed by atoms with E-state index < -0.39 is 0 Å². The van der Waals surface area contributed by atoms with Gasteiger partial charge in [0.2, 0.25) is 5.91 Å². The zero-order valence-corrected chi connectivity index (χ0v) is 16.1. The molecule has 1 heterocycles. The lowest BCUT2D eigenvalue weighted by atomic mass is 10.1. The topological polar surface area (TPSA) is 35.6 Å². The monoisotopic (exact) mass is 389 g/mol. The van der Waals surface area contributed by atoms with E-state index in [9.17, 15) is 9.18 Å². The van der Waals surface area contributed by atoms with Gasteiger partial charge in [0.15, 0.2) is 0 Å². The summed E-state index contributed by atoms with van der Waals surface area (Å²) in [5.41, 5.74) is 1.80. The minimum Gasteiger partial charge on any atom is -0.366 e. The molecule has 3 rings (SSSR count). The lowest BCUT2D eigenvalue weighted by Crippen LogP contribution is -2.49. The number of carbonyl (C=O) groups excluding carboxylic acids is 1. The highest BCUT2D eigenvalue weighted by Gasteiger charge is 2.22. The lowest BCUT2D eigenvalue weighted by molar-refractivity contribution is -0.131. The van der Waals surface area contributed by atoms with Crippen LogP contribution in [0.25, 0.3) is 0 Å². The van der Waals surface area contributed by atoms with Crippen molar-refractivity contribution >= 4 is 23.2 Å². The molecule has 4 nitrogen and oxygen atoms in total. The van der Waals surface area contributed by atoms with Crippen LogP contribution in [0.1, 0.15) is 12.0 Å². The SMILES string of the molecule is O=C(CCNCCc1cccc(Cl)c1)N1CCN(c2ccccc2F)CC1. The van der Waals surface area contributed by atoms with Gasteiger partial charge < -0.3 is 15.1 Å². The van der Waals surface area contributed by atoms with E-state index in [2.05, 4.69) is 5.32 Å². The van der Waals surface area contributed by atoms with Crippen molar-refractivity contribution in [2.75, 3.05) is 44.2 Å². The van der Waals surface area contributed by atoms with Crippen molar-refractivity contribution in [3.63, 3.8) is 0 Å². The number of para-hydroxylation sites is 1. The van der Waals surface area contributed by atoms with Crippen LogP contribution in [0.2, 0.25) is 5.02 Å². The normalized spacial score (nSPS) is 14.4. The molecular weight excluding hydrogens is 365 g/mol. The highest BCUT2D eigenvalue weighted by molar-refractivity contribution is 6.30. The number of rotatable bonds is 7. The number of nitrogens with one attached hydrogen (secondary N) is 1. The maximum Gasteiger partial charge on any atom is 0.223 e. The molecule has 1 fully saturated rings. The molecule has 0 atom stereocenters. The summed E-state index contributed by atoms with van der Waals surface area (Å²) < 4.78 is 13.9. The van der Waals surface area contributed by atoms with Crippen LogP contribution in [0.15, 0.2) is 48.5 Å². The zero-order chi connectivity index (χ0) is 19.1. The van der Waals surface area contributed by atoms with Gasteiger partial charge in [0.05, 0.1) is 5.69 Å². The third kappa shape index (κ3) is 5.68. The Kier molecular flexibility index (Phi) is 7.07. The second-order valence-electron chi connectivity index (χ2n) is 6.70. The fourth-order valence-corrected chi connectivity index (χ4v) is 3.52. The molecule has 1 N–H and O–H groups in total. The fraction of sp³-hybridized carbons (Fsp3) is 0.381. The van der Waals surface area contributed by atoms with E-state index in [4.69, 9.17) is 11.6 Å². The Balaban J connectivity index is 1.34. The van der Waals surface area contributed by atoms with E-state index in [1.54, 1.807) is 12.1 Å². The summed E-state index contributed by atoms with van der Waals surface area (Å²) in [6.45, 7) is 4.07. The van der Waals surface area contributed by atoms with Gasteiger partial charge in [-0.1, -0.05) is 35.9 Å². The van der Waals surface area contributed by atoms with Crippen LogP contribution < -0.4 is 10.2 Å². The van der Waals surface area contributed by atoms with E-state index in [-0.39, 0.29) is 11.7 Å². The van der Waals surface area contributed by atoms with Gasteiger partial charge in [-0.2, -0.15) is 0 Å². The zero-order valence-electron chi connectivity index (χ0n) is 15.3. The van der Waals surface area contributed by atoms with Gasteiger partial charge in [-0.05, 0) is 42.8 Å². The van der Waals surface area contributed by atoms with Crippen LogP contribution in [0, 0.1) is 5.82 Å². The fourth-order valence-electron chi connectivity index (χ4n) is 3.31. The number of anilines is 1. The number of nitrogens with zero attached hydrogens (tertiary/aromatic N) is 2. The minimum absolute atomic E-state index is 0.151. The van der Waals surface area contributed by atoms with Gasteiger partial charge in [0, 0.05) is 44.2 Å². The summed E-state index contributed by atoms with van der Waals surface area (Å²) in [4.78, 5) is 16.2. The van der Waals surface area contributed by atoms with Crippen molar-refractivity contribution in [1.82, 2.24) is 10.2 Å². The molecule has 1 aliphatic heterocycles. The predicted octanol–water partition coefficient (Wildman–Crippen LogP) is 3.35. The highest BCUT2D eigenvalue weighted by Crippen LogP contribution is 2.20. The average molecular weight is 390 g/mol. The van der Waals surface area contributed by atoms with Crippen molar-refractivity contribution in [3.8, 4) is 0 Å². The summed E-state index contributed by atoms with van der Waals surface area (Å²) in [6.07, 6.45) is 1.37. The Morgan fingerprint density at radius 2 is 1.81 bits per heavy atom. The molecule has 2 aromatic carbocycles. The molecule has 0 bridgehead atoms. The van der Waals surface area contributed by atoms with Gasteiger partial charge in [-0.3, -0.25) is 4.79 Å².